The third-order valence-electron chi connectivity index (χ3n) is 11.3. The number of benzene rings is 1. The highest BCUT2D eigenvalue weighted by molar-refractivity contribution is 5.96. The van der Waals surface area contributed by atoms with Crippen molar-refractivity contribution in [2.45, 2.75) is 94.9 Å². The van der Waals surface area contributed by atoms with E-state index in [1.807, 2.05) is 24.1 Å². The number of hydrogen-bond donors (Lipinski definition) is 6. The molecule has 1 amide bonds. The molecule has 5 heterocycles. The van der Waals surface area contributed by atoms with Gasteiger partial charge in [0.1, 0.15) is 54.2 Å². The maximum Gasteiger partial charge on any atom is 0.226 e. The van der Waals surface area contributed by atoms with E-state index in [1.165, 1.54) is 6.07 Å². The predicted molar refractivity (Wildman–Crippen MR) is 181 cm³/mol. The molecule has 270 valence electrons. The first-order chi connectivity index (χ1) is 23.9. The average molecular weight is 696 g/mol. The maximum absolute atomic E-state index is 13.3. The van der Waals surface area contributed by atoms with Gasteiger partial charge >= 0.3 is 0 Å². The Morgan fingerprint density at radius 1 is 1.12 bits per heavy atom. The standard InChI is InChI=1S/C36H45N3O11/c1-19-11-25(41)23-12-21-13-28(50-47-18-27(43)31(45)30(44)26(42)17-40)35(2,9-5-22-14-38-34(46)36(22)7-3-4-8-36)49-32(21)29(33(23)48-19)39-15-20-6-10-37-24(20)16-39/h6,10-12,16,22,26-28,30-31,40,42-45H,3-5,7-9,13-15,17-18H2,1-2H3,(H,38,46)/t22-,26+,27-,28+,30+,31+,35+/m0/s1. The lowest BCUT2D eigenvalue weighted by Crippen LogP contribution is -2.52. The normalized spacial score (nSPS) is 27.5. The van der Waals surface area contributed by atoms with Crippen LogP contribution in [0.15, 0.2) is 49.9 Å². The van der Waals surface area contributed by atoms with Crippen molar-refractivity contribution < 1.29 is 49.3 Å². The van der Waals surface area contributed by atoms with Crippen LogP contribution >= 0.6 is 0 Å². The third-order valence-corrected chi connectivity index (χ3v) is 11.3. The molecule has 2 fully saturated rings. The van der Waals surface area contributed by atoms with Crippen molar-refractivity contribution in [1.29, 1.82) is 0 Å². The topological polar surface area (TPSA) is 204 Å². The average Bonchev–Trinajstić information content (AvgIpc) is 3.89. The van der Waals surface area contributed by atoms with Crippen molar-refractivity contribution in [3.8, 4) is 5.75 Å². The Hall–Kier alpha value is -3.63. The molecular formula is C36H45N3O11. The summed E-state index contributed by atoms with van der Waals surface area (Å²) in [4.78, 5) is 44.3. The molecular weight excluding hydrogens is 650 g/mol. The van der Waals surface area contributed by atoms with Crippen LogP contribution in [0.25, 0.3) is 11.0 Å². The highest BCUT2D eigenvalue weighted by Gasteiger charge is 2.53. The number of anilines is 1. The Labute approximate surface area is 288 Å². The number of aliphatic hydroxyl groups excluding tert-OH is 5. The van der Waals surface area contributed by atoms with Gasteiger partial charge in [0.2, 0.25) is 5.91 Å². The van der Waals surface area contributed by atoms with Crippen LogP contribution in [0.4, 0.5) is 5.69 Å². The van der Waals surface area contributed by atoms with Crippen molar-refractivity contribution in [1.82, 2.24) is 5.32 Å². The van der Waals surface area contributed by atoms with Gasteiger partial charge in [-0.25, -0.2) is 9.78 Å². The monoisotopic (exact) mass is 695 g/mol. The molecule has 14 heteroatoms. The lowest BCUT2D eigenvalue weighted by Gasteiger charge is -2.43. The molecule has 4 aliphatic heterocycles. The summed E-state index contributed by atoms with van der Waals surface area (Å²) in [6.45, 7) is 3.34. The SMILES string of the molecule is Cc1cc(=O)c2cc3c(c(N4C=C5N=CC=C5C4)c2o1)O[C@](C)(CC[C@H]1CNC(=O)C12CCCC2)[C@H](OOC[C@H](O)[C@@H](O)[C@H](O)[C@H](O)CO)C3. The molecule has 1 aromatic carbocycles. The van der Waals surface area contributed by atoms with Crippen molar-refractivity contribution in [3.05, 3.63) is 57.2 Å². The number of aliphatic imine (C=N–C) groups is 1. The lowest BCUT2D eigenvalue weighted by molar-refractivity contribution is -0.360. The fourth-order valence-electron chi connectivity index (χ4n) is 8.27. The van der Waals surface area contributed by atoms with Crippen LogP contribution in [0.1, 0.15) is 56.8 Å². The quantitative estimate of drug-likeness (QED) is 0.137. The number of carbonyl (C=O) groups excluding carboxylic acids is 1. The molecule has 1 saturated carbocycles. The van der Waals surface area contributed by atoms with E-state index in [-0.39, 0.29) is 23.7 Å². The van der Waals surface area contributed by atoms with Crippen LogP contribution in [-0.2, 0) is 21.0 Å². The third kappa shape index (κ3) is 6.06. The van der Waals surface area contributed by atoms with E-state index in [0.717, 1.165) is 37.0 Å². The molecule has 7 atom stereocenters. The van der Waals surface area contributed by atoms with E-state index in [0.29, 0.717) is 59.7 Å². The van der Waals surface area contributed by atoms with Crippen LogP contribution in [0.3, 0.4) is 0 Å². The zero-order valence-corrected chi connectivity index (χ0v) is 28.2. The summed E-state index contributed by atoms with van der Waals surface area (Å²) in [5, 5.41) is 53.1. The van der Waals surface area contributed by atoms with Gasteiger partial charge in [0.25, 0.3) is 0 Å². The van der Waals surface area contributed by atoms with E-state index in [4.69, 9.17) is 24.0 Å². The summed E-state index contributed by atoms with van der Waals surface area (Å²) in [6, 6.07) is 3.19. The van der Waals surface area contributed by atoms with E-state index in [9.17, 15) is 30.0 Å². The van der Waals surface area contributed by atoms with Gasteiger partial charge in [-0.05, 0) is 57.6 Å². The summed E-state index contributed by atoms with van der Waals surface area (Å²) in [5.41, 5.74) is 1.86. The first-order valence-electron chi connectivity index (χ1n) is 17.3. The van der Waals surface area contributed by atoms with Crippen LogP contribution in [0.2, 0.25) is 0 Å². The van der Waals surface area contributed by atoms with Crippen molar-refractivity contribution in [3.63, 3.8) is 0 Å². The number of aryl methyl sites for hydroxylation is 1. The molecule has 6 N–H and O–H groups in total. The van der Waals surface area contributed by atoms with E-state index in [2.05, 4.69) is 10.3 Å². The van der Waals surface area contributed by atoms with Gasteiger partial charge in [0.15, 0.2) is 16.8 Å². The van der Waals surface area contributed by atoms with Crippen molar-refractivity contribution in [2.24, 2.45) is 16.3 Å². The number of nitrogens with one attached hydrogen (secondary N) is 1. The number of nitrogens with zero attached hydrogens (tertiary/aromatic N) is 2. The Balaban J connectivity index is 1.22. The van der Waals surface area contributed by atoms with Crippen LogP contribution in [0.5, 0.6) is 5.75 Å². The van der Waals surface area contributed by atoms with Crippen LogP contribution in [0, 0.1) is 18.3 Å². The number of ether oxygens (including phenoxy) is 1. The lowest BCUT2D eigenvalue weighted by atomic mass is 9.72. The summed E-state index contributed by atoms with van der Waals surface area (Å²) in [5.74, 6) is 1.20. The molecule has 5 aliphatic rings. The predicted octanol–water partition coefficient (Wildman–Crippen LogP) is 1.31. The molecule has 1 aromatic heterocycles. The first kappa shape index (κ1) is 34.8. The van der Waals surface area contributed by atoms with Gasteiger partial charge in [-0.3, -0.25) is 14.6 Å². The summed E-state index contributed by atoms with van der Waals surface area (Å²) >= 11 is 0. The molecule has 50 heavy (non-hydrogen) atoms. The molecule has 1 aliphatic carbocycles. The minimum atomic E-state index is -1.82. The molecule has 7 rings (SSSR count). The highest BCUT2D eigenvalue weighted by atomic mass is 17.2. The van der Waals surface area contributed by atoms with Crippen molar-refractivity contribution >= 4 is 28.8 Å². The Morgan fingerprint density at radius 3 is 2.62 bits per heavy atom. The number of rotatable bonds is 12. The number of aliphatic hydroxyl groups is 5. The highest BCUT2D eigenvalue weighted by Crippen LogP contribution is 2.52. The summed E-state index contributed by atoms with van der Waals surface area (Å²) in [7, 11) is 0. The maximum atomic E-state index is 13.3. The Morgan fingerprint density at radius 2 is 1.88 bits per heavy atom. The van der Waals surface area contributed by atoms with Crippen molar-refractivity contribution in [2.75, 3.05) is 31.2 Å². The molecule has 0 bridgehead atoms. The Kier molecular flexibility index (Phi) is 9.39. The van der Waals surface area contributed by atoms with Crippen LogP contribution < -0.4 is 20.4 Å². The molecule has 2 aromatic rings. The van der Waals surface area contributed by atoms with E-state index < -0.39 is 54.7 Å². The van der Waals surface area contributed by atoms with Gasteiger partial charge < -0.3 is 44.9 Å². The van der Waals surface area contributed by atoms with Gasteiger partial charge in [-0.15, -0.1) is 0 Å². The van der Waals surface area contributed by atoms with Gasteiger partial charge in [-0.1, -0.05) is 12.8 Å². The molecule has 0 unspecified atom stereocenters. The number of fused-ring (bicyclic) bond motifs is 3. The fraction of sp³-hybridized carbons (Fsp3) is 0.583. The largest absolute Gasteiger partial charge is 0.482 e. The second kappa shape index (κ2) is 13.5. The van der Waals surface area contributed by atoms with Gasteiger partial charge in [-0.2, -0.15) is 0 Å². The minimum absolute atomic E-state index is 0.0986. The fourth-order valence-corrected chi connectivity index (χ4v) is 8.27. The zero-order valence-electron chi connectivity index (χ0n) is 28.2. The summed E-state index contributed by atoms with van der Waals surface area (Å²) < 4.78 is 13.2. The Bertz CT molecular complexity index is 1800. The number of hydrogen-bond acceptors (Lipinski definition) is 13. The number of allylic oxidation sites excluding steroid dienone is 1. The molecule has 1 spiro atoms. The first-order valence-corrected chi connectivity index (χ1v) is 17.3. The van der Waals surface area contributed by atoms with E-state index in [1.54, 1.807) is 19.2 Å². The smallest absolute Gasteiger partial charge is 0.226 e. The minimum Gasteiger partial charge on any atom is -0.482 e. The number of carbonyl (C=O) groups is 1. The molecule has 14 nitrogen and oxygen atoms in total. The van der Waals surface area contributed by atoms with E-state index >= 15 is 0 Å². The molecule has 0 radical (unpaired) electrons. The molecule has 1 saturated heterocycles. The van der Waals surface area contributed by atoms with Gasteiger partial charge in [0.05, 0.1) is 29.6 Å². The number of amides is 1. The zero-order chi connectivity index (χ0) is 35.4. The second-order valence-corrected chi connectivity index (χ2v) is 14.5. The summed E-state index contributed by atoms with van der Waals surface area (Å²) in [6.07, 6.45) is 2.96. The van der Waals surface area contributed by atoms with Gasteiger partial charge in [0, 0.05) is 42.6 Å². The second-order valence-electron chi connectivity index (χ2n) is 14.5. The van der Waals surface area contributed by atoms with Crippen LogP contribution in [-0.4, -0.2) is 100 Å².